The number of halogens is 4. The molecule has 2 aromatic rings. The zero-order chi connectivity index (χ0) is 21.7. The number of anilines is 1. The maximum atomic E-state index is 14.7. The first kappa shape index (κ1) is 22.3. The summed E-state index contributed by atoms with van der Waals surface area (Å²) in [5, 5.41) is 0.364. The van der Waals surface area contributed by atoms with Crippen LogP contribution in [-0.4, -0.2) is 51.7 Å². The lowest BCUT2D eigenvalue weighted by molar-refractivity contribution is 0.00562. The molecule has 1 amide bonds. The second kappa shape index (κ2) is 8.04. The van der Waals surface area contributed by atoms with Gasteiger partial charge in [0.25, 0.3) is 0 Å². The Balaban J connectivity index is 1.97. The zero-order valence-electron chi connectivity index (χ0n) is 16.8. The molecule has 1 saturated heterocycles. The molecule has 0 bridgehead atoms. The number of rotatable bonds is 1. The first-order valence-electron chi connectivity index (χ1n) is 9.16. The first-order valence-corrected chi connectivity index (χ1v) is 10.7. The van der Waals surface area contributed by atoms with Crippen LogP contribution in [0.1, 0.15) is 34.6 Å². The van der Waals surface area contributed by atoms with Crippen molar-refractivity contribution in [3.8, 4) is 0 Å². The Morgan fingerprint density at radius 1 is 1.24 bits per heavy atom. The number of fused-ring (bicyclic) bond motifs is 1. The van der Waals surface area contributed by atoms with E-state index < -0.39 is 11.4 Å². The van der Waals surface area contributed by atoms with Gasteiger partial charge in [0.2, 0.25) is 5.28 Å². The molecule has 158 valence electrons. The van der Waals surface area contributed by atoms with Gasteiger partial charge in [0.05, 0.1) is 17.1 Å². The Morgan fingerprint density at radius 3 is 2.38 bits per heavy atom. The molecule has 3 rings (SSSR count). The van der Waals surface area contributed by atoms with E-state index in [9.17, 15) is 9.18 Å². The van der Waals surface area contributed by atoms with Gasteiger partial charge in [-0.15, -0.1) is 0 Å². The monoisotopic (exact) mass is 506 g/mol. The van der Waals surface area contributed by atoms with Gasteiger partial charge >= 0.3 is 6.09 Å². The number of hydrogen-bond donors (Lipinski definition) is 0. The quantitative estimate of drug-likeness (QED) is 0.367. The number of carbonyl (C=O) groups is 1. The number of benzene rings is 1. The topological polar surface area (TPSA) is 58.6 Å². The van der Waals surface area contributed by atoms with E-state index in [-0.39, 0.29) is 34.0 Å². The molecule has 0 spiro atoms. The van der Waals surface area contributed by atoms with Gasteiger partial charge in [-0.2, -0.15) is 4.98 Å². The van der Waals surface area contributed by atoms with Crippen molar-refractivity contribution in [1.82, 2.24) is 14.9 Å². The van der Waals surface area contributed by atoms with Crippen LogP contribution in [-0.2, 0) is 4.74 Å². The molecular formula is C19H22BrCl2FN4O2. The number of piperazine rings is 1. The summed E-state index contributed by atoms with van der Waals surface area (Å²) in [5.41, 5.74) is -0.518. The number of aromatic nitrogens is 2. The van der Waals surface area contributed by atoms with E-state index in [0.717, 1.165) is 0 Å². The summed E-state index contributed by atoms with van der Waals surface area (Å²) >= 11 is 15.4. The van der Waals surface area contributed by atoms with E-state index >= 15 is 0 Å². The van der Waals surface area contributed by atoms with E-state index in [2.05, 4.69) is 25.9 Å². The minimum absolute atomic E-state index is 0.0584. The van der Waals surface area contributed by atoms with Crippen LogP contribution in [0.25, 0.3) is 10.9 Å². The Hall–Kier alpha value is -1.38. The fourth-order valence-electron chi connectivity index (χ4n) is 3.54. The summed E-state index contributed by atoms with van der Waals surface area (Å²) < 4.78 is 20.6. The van der Waals surface area contributed by atoms with Gasteiger partial charge in [-0.3, -0.25) is 4.90 Å². The van der Waals surface area contributed by atoms with Crippen LogP contribution >= 0.6 is 39.1 Å². The molecule has 0 radical (unpaired) electrons. The van der Waals surface area contributed by atoms with Crippen LogP contribution in [0, 0.1) is 5.82 Å². The molecule has 6 nitrogen and oxygen atoms in total. The lowest BCUT2D eigenvalue weighted by atomic mass is 10.1. The number of carbonyl (C=O) groups excluding carboxylic acids is 1. The highest BCUT2D eigenvalue weighted by Crippen LogP contribution is 2.36. The van der Waals surface area contributed by atoms with Crippen molar-refractivity contribution in [3.63, 3.8) is 0 Å². The summed E-state index contributed by atoms with van der Waals surface area (Å²) in [6.45, 7) is 10.3. The highest BCUT2D eigenvalue weighted by atomic mass is 79.9. The average Bonchev–Trinajstić information content (AvgIpc) is 2.58. The third-order valence-electron chi connectivity index (χ3n) is 4.60. The highest BCUT2D eigenvalue weighted by molar-refractivity contribution is 9.10. The molecule has 2 heterocycles. The van der Waals surface area contributed by atoms with Gasteiger partial charge in [-0.1, -0.05) is 11.6 Å². The predicted molar refractivity (Wildman–Crippen MR) is 116 cm³/mol. The third kappa shape index (κ3) is 4.54. The van der Waals surface area contributed by atoms with Crippen LogP contribution in [0.5, 0.6) is 0 Å². The minimum Gasteiger partial charge on any atom is -0.444 e. The molecule has 0 aliphatic carbocycles. The summed E-state index contributed by atoms with van der Waals surface area (Å²) in [7, 11) is 0. The van der Waals surface area contributed by atoms with Crippen molar-refractivity contribution in [2.24, 2.45) is 0 Å². The summed E-state index contributed by atoms with van der Waals surface area (Å²) in [6.07, 6.45) is -0.358. The minimum atomic E-state index is -0.657. The maximum Gasteiger partial charge on any atom is 0.410 e. The maximum absolute atomic E-state index is 14.7. The van der Waals surface area contributed by atoms with Crippen molar-refractivity contribution in [2.45, 2.75) is 52.3 Å². The van der Waals surface area contributed by atoms with Gasteiger partial charge in [-0.05, 0) is 68.2 Å². The predicted octanol–water partition coefficient (Wildman–Crippen LogP) is 5.67. The van der Waals surface area contributed by atoms with E-state index in [1.165, 1.54) is 0 Å². The fourth-order valence-corrected chi connectivity index (χ4v) is 4.25. The standard InChI is InChI=1S/C19H22BrCl2FN4O2/c1-9-7-26(8-10(2)27(9)18(28)29-19(3,4)5)16-11-6-12(20)13(21)14(23)15(11)24-17(22)25-16/h6,9-10H,7-8H2,1-5H3/t9-,10+. The molecule has 1 aromatic carbocycles. The first-order chi connectivity index (χ1) is 13.4. The normalized spacial score (nSPS) is 20.3. The van der Waals surface area contributed by atoms with E-state index in [0.29, 0.717) is 28.8 Å². The van der Waals surface area contributed by atoms with Gasteiger partial charge in [-0.25, -0.2) is 14.2 Å². The van der Waals surface area contributed by atoms with Gasteiger partial charge in [0, 0.05) is 22.9 Å². The summed E-state index contributed by atoms with van der Waals surface area (Å²) in [5.74, 6) is -0.158. The van der Waals surface area contributed by atoms with E-state index in [1.54, 1.807) is 11.0 Å². The third-order valence-corrected chi connectivity index (χ3v) is 5.99. The largest absolute Gasteiger partial charge is 0.444 e. The van der Waals surface area contributed by atoms with E-state index in [1.807, 2.05) is 39.5 Å². The van der Waals surface area contributed by atoms with Gasteiger partial charge in [0.15, 0.2) is 5.82 Å². The van der Waals surface area contributed by atoms with Crippen molar-refractivity contribution in [2.75, 3.05) is 18.0 Å². The fraction of sp³-hybridized carbons (Fsp3) is 0.526. The molecule has 0 N–H and O–H groups in total. The van der Waals surface area contributed by atoms with Crippen LogP contribution in [0.4, 0.5) is 15.0 Å². The Labute approximate surface area is 187 Å². The Kier molecular flexibility index (Phi) is 6.18. The lowest BCUT2D eigenvalue weighted by Crippen LogP contribution is -2.59. The molecule has 29 heavy (non-hydrogen) atoms. The molecule has 1 fully saturated rings. The van der Waals surface area contributed by atoms with Crippen molar-refractivity contribution >= 4 is 61.9 Å². The number of amides is 1. The number of nitrogens with zero attached hydrogens (tertiary/aromatic N) is 4. The van der Waals surface area contributed by atoms with Crippen LogP contribution < -0.4 is 4.90 Å². The Morgan fingerprint density at radius 2 is 1.83 bits per heavy atom. The molecule has 0 unspecified atom stereocenters. The van der Waals surface area contributed by atoms with E-state index in [4.69, 9.17) is 27.9 Å². The molecule has 2 atom stereocenters. The Bertz CT molecular complexity index is 958. The molecule has 1 aliphatic rings. The molecular weight excluding hydrogens is 486 g/mol. The second-order valence-electron chi connectivity index (χ2n) is 8.19. The molecule has 10 heteroatoms. The smallest absolute Gasteiger partial charge is 0.410 e. The summed E-state index contributed by atoms with van der Waals surface area (Å²) in [4.78, 5) is 24.7. The zero-order valence-corrected chi connectivity index (χ0v) is 19.9. The van der Waals surface area contributed by atoms with Crippen LogP contribution in [0.3, 0.4) is 0 Å². The SMILES string of the molecule is C[C@@H]1CN(c2nc(Cl)nc3c(F)c(Cl)c(Br)cc23)C[C@H](C)N1C(=O)OC(C)(C)C. The van der Waals surface area contributed by atoms with Crippen LogP contribution in [0.15, 0.2) is 10.5 Å². The van der Waals surface area contributed by atoms with Crippen molar-refractivity contribution in [3.05, 3.63) is 26.7 Å². The molecule has 1 aromatic heterocycles. The second-order valence-corrected chi connectivity index (χ2v) is 9.76. The van der Waals surface area contributed by atoms with Crippen LogP contribution in [0.2, 0.25) is 10.3 Å². The number of hydrogen-bond acceptors (Lipinski definition) is 5. The summed E-state index contributed by atoms with van der Waals surface area (Å²) in [6, 6.07) is 1.37. The number of ether oxygens (including phenoxy) is 1. The molecule has 1 aliphatic heterocycles. The molecule has 0 saturated carbocycles. The van der Waals surface area contributed by atoms with Crippen molar-refractivity contribution < 1.29 is 13.9 Å². The highest BCUT2D eigenvalue weighted by Gasteiger charge is 2.36. The lowest BCUT2D eigenvalue weighted by Gasteiger charge is -2.45. The van der Waals surface area contributed by atoms with Gasteiger partial charge < -0.3 is 9.64 Å². The van der Waals surface area contributed by atoms with Gasteiger partial charge in [0.1, 0.15) is 16.9 Å². The van der Waals surface area contributed by atoms with Crippen molar-refractivity contribution in [1.29, 1.82) is 0 Å². The average molecular weight is 508 g/mol.